The molecule has 0 unspecified atom stereocenters. The molecule has 3 N–H and O–H groups in total. The fourth-order valence-electron chi connectivity index (χ4n) is 3.42. The van der Waals surface area contributed by atoms with Crippen LogP contribution in [0.4, 0.5) is 5.69 Å². The smallest absolute Gasteiger partial charge is 0.337 e. The van der Waals surface area contributed by atoms with Crippen molar-refractivity contribution in [2.75, 3.05) is 12.4 Å². The molecular weight excluding hydrogens is 422 g/mol. The summed E-state index contributed by atoms with van der Waals surface area (Å²) in [5, 5.41) is 19.5. The number of nitrogens with zero attached hydrogens (tertiary/aromatic N) is 1. The molecule has 0 aliphatic rings. The standard InChI is InChI=1S/C25H19N3O5/c1-33-25(32)17-12-13-18(19(29)14-17)26-23(30)21-20(15-8-4-2-5-9-15)22(27-28-24(21)31)16-10-6-3-7-11-16/h2-14,29H,1H3,(H,26,30)(H,28,31). The minimum Gasteiger partial charge on any atom is -0.506 e. The second kappa shape index (κ2) is 9.19. The zero-order chi connectivity index (χ0) is 23.4. The number of amides is 1. The number of H-pyrrole nitrogens is 1. The molecule has 164 valence electrons. The SMILES string of the molecule is COC(=O)c1ccc(NC(=O)c2c(-c3ccccc3)c(-c3ccccc3)n[nH]c2=O)c(O)c1. The van der Waals surface area contributed by atoms with Crippen LogP contribution in [0.2, 0.25) is 0 Å². The maximum Gasteiger partial charge on any atom is 0.337 e. The molecule has 1 amide bonds. The molecule has 0 atom stereocenters. The summed E-state index contributed by atoms with van der Waals surface area (Å²) in [6.07, 6.45) is 0. The van der Waals surface area contributed by atoms with E-state index in [1.165, 1.54) is 25.3 Å². The van der Waals surface area contributed by atoms with E-state index in [2.05, 4.69) is 20.3 Å². The van der Waals surface area contributed by atoms with Crippen LogP contribution in [0.3, 0.4) is 0 Å². The number of aromatic amines is 1. The number of methoxy groups -OCH3 is 1. The van der Waals surface area contributed by atoms with Gasteiger partial charge in [-0.2, -0.15) is 5.10 Å². The molecule has 0 radical (unpaired) electrons. The molecule has 1 aromatic heterocycles. The Hall–Kier alpha value is -4.72. The first kappa shape index (κ1) is 21.5. The Morgan fingerprint density at radius 3 is 2.18 bits per heavy atom. The fourth-order valence-corrected chi connectivity index (χ4v) is 3.42. The van der Waals surface area contributed by atoms with Crippen molar-refractivity contribution >= 4 is 17.6 Å². The van der Waals surface area contributed by atoms with Crippen molar-refractivity contribution in [2.24, 2.45) is 0 Å². The molecule has 0 aliphatic heterocycles. The summed E-state index contributed by atoms with van der Waals surface area (Å²) in [7, 11) is 1.22. The number of carbonyl (C=O) groups excluding carboxylic acids is 2. The maximum absolute atomic E-state index is 13.3. The zero-order valence-electron chi connectivity index (χ0n) is 17.5. The number of benzene rings is 3. The Labute approximate surface area is 188 Å². The van der Waals surface area contributed by atoms with E-state index in [1.807, 2.05) is 36.4 Å². The van der Waals surface area contributed by atoms with Gasteiger partial charge in [0.1, 0.15) is 11.3 Å². The molecule has 33 heavy (non-hydrogen) atoms. The minimum absolute atomic E-state index is 0.0316. The number of phenols is 1. The monoisotopic (exact) mass is 441 g/mol. The van der Waals surface area contributed by atoms with E-state index in [1.54, 1.807) is 24.3 Å². The van der Waals surface area contributed by atoms with Crippen molar-refractivity contribution in [1.82, 2.24) is 10.2 Å². The first-order valence-corrected chi connectivity index (χ1v) is 9.95. The number of hydrogen-bond donors (Lipinski definition) is 3. The summed E-state index contributed by atoms with van der Waals surface area (Å²) in [4.78, 5) is 37.7. The Balaban J connectivity index is 1.83. The number of aromatic nitrogens is 2. The molecule has 0 fully saturated rings. The van der Waals surface area contributed by atoms with Gasteiger partial charge in [-0.05, 0) is 23.8 Å². The molecule has 8 heteroatoms. The summed E-state index contributed by atoms with van der Waals surface area (Å²) < 4.78 is 4.63. The number of ether oxygens (including phenoxy) is 1. The highest BCUT2D eigenvalue weighted by Crippen LogP contribution is 2.32. The molecular formula is C25H19N3O5. The number of phenolic OH excluding ortho intramolecular Hbond substituents is 1. The van der Waals surface area contributed by atoms with Crippen LogP contribution >= 0.6 is 0 Å². The Kier molecular flexibility index (Phi) is 5.99. The van der Waals surface area contributed by atoms with Crippen molar-refractivity contribution in [3.8, 4) is 28.1 Å². The Morgan fingerprint density at radius 2 is 1.58 bits per heavy atom. The normalized spacial score (nSPS) is 10.5. The average molecular weight is 441 g/mol. The lowest BCUT2D eigenvalue weighted by atomic mass is 9.95. The molecule has 1 heterocycles. The van der Waals surface area contributed by atoms with Crippen molar-refractivity contribution in [2.45, 2.75) is 0 Å². The molecule has 3 aromatic carbocycles. The van der Waals surface area contributed by atoms with Gasteiger partial charge in [-0.25, -0.2) is 9.89 Å². The number of esters is 1. The van der Waals surface area contributed by atoms with Gasteiger partial charge in [-0.3, -0.25) is 9.59 Å². The number of aromatic hydroxyl groups is 1. The van der Waals surface area contributed by atoms with Gasteiger partial charge >= 0.3 is 5.97 Å². The second-order valence-electron chi connectivity index (χ2n) is 7.06. The van der Waals surface area contributed by atoms with Crippen LogP contribution in [0.5, 0.6) is 5.75 Å². The number of hydrogen-bond acceptors (Lipinski definition) is 6. The molecule has 0 spiro atoms. The number of carbonyl (C=O) groups is 2. The van der Waals surface area contributed by atoms with E-state index < -0.39 is 17.4 Å². The van der Waals surface area contributed by atoms with Crippen LogP contribution in [-0.4, -0.2) is 34.3 Å². The van der Waals surface area contributed by atoms with Crippen molar-refractivity contribution < 1.29 is 19.4 Å². The minimum atomic E-state index is -0.740. The lowest BCUT2D eigenvalue weighted by Gasteiger charge is -2.14. The van der Waals surface area contributed by atoms with E-state index in [0.29, 0.717) is 22.4 Å². The quantitative estimate of drug-likeness (QED) is 0.320. The van der Waals surface area contributed by atoms with Crippen LogP contribution in [0.1, 0.15) is 20.7 Å². The predicted octanol–water partition coefficient (Wildman–Crippen LogP) is 3.85. The van der Waals surface area contributed by atoms with Crippen LogP contribution in [0.25, 0.3) is 22.4 Å². The Morgan fingerprint density at radius 1 is 0.939 bits per heavy atom. The lowest BCUT2D eigenvalue weighted by Crippen LogP contribution is -2.26. The molecule has 4 rings (SSSR count). The van der Waals surface area contributed by atoms with E-state index in [-0.39, 0.29) is 22.6 Å². The summed E-state index contributed by atoms with van der Waals surface area (Å²) in [5.41, 5.74) is 1.43. The van der Waals surface area contributed by atoms with Crippen LogP contribution in [-0.2, 0) is 4.74 Å². The van der Waals surface area contributed by atoms with E-state index in [4.69, 9.17) is 0 Å². The highest BCUT2D eigenvalue weighted by molar-refractivity contribution is 6.11. The molecule has 0 aliphatic carbocycles. The first-order chi connectivity index (χ1) is 16.0. The molecule has 4 aromatic rings. The largest absolute Gasteiger partial charge is 0.506 e. The van der Waals surface area contributed by atoms with Crippen LogP contribution in [0, 0.1) is 0 Å². The van der Waals surface area contributed by atoms with Gasteiger partial charge in [0.05, 0.1) is 24.1 Å². The van der Waals surface area contributed by atoms with Crippen molar-refractivity contribution in [3.63, 3.8) is 0 Å². The number of rotatable bonds is 5. The molecule has 8 nitrogen and oxygen atoms in total. The third-order valence-corrected chi connectivity index (χ3v) is 4.99. The zero-order valence-corrected chi connectivity index (χ0v) is 17.5. The second-order valence-corrected chi connectivity index (χ2v) is 7.06. The summed E-state index contributed by atoms with van der Waals surface area (Å²) in [5.74, 6) is -1.72. The summed E-state index contributed by atoms with van der Waals surface area (Å²) in [6, 6.07) is 22.1. The van der Waals surface area contributed by atoms with Crippen LogP contribution < -0.4 is 10.9 Å². The van der Waals surface area contributed by atoms with Gasteiger partial charge in [0.15, 0.2) is 0 Å². The highest BCUT2D eigenvalue weighted by atomic mass is 16.5. The summed E-state index contributed by atoms with van der Waals surface area (Å²) in [6.45, 7) is 0. The molecule has 0 saturated carbocycles. The van der Waals surface area contributed by atoms with Crippen molar-refractivity contribution in [1.29, 1.82) is 0 Å². The predicted molar refractivity (Wildman–Crippen MR) is 123 cm³/mol. The number of nitrogens with one attached hydrogen (secondary N) is 2. The van der Waals surface area contributed by atoms with Gasteiger partial charge in [0, 0.05) is 11.1 Å². The maximum atomic E-state index is 13.3. The third-order valence-electron chi connectivity index (χ3n) is 4.99. The number of anilines is 1. The first-order valence-electron chi connectivity index (χ1n) is 9.95. The van der Waals surface area contributed by atoms with E-state index >= 15 is 0 Å². The average Bonchev–Trinajstić information content (AvgIpc) is 2.85. The van der Waals surface area contributed by atoms with Gasteiger partial charge in [0.25, 0.3) is 11.5 Å². The lowest BCUT2D eigenvalue weighted by molar-refractivity contribution is 0.0600. The van der Waals surface area contributed by atoms with Gasteiger partial charge in [-0.1, -0.05) is 60.7 Å². The topological polar surface area (TPSA) is 121 Å². The highest BCUT2D eigenvalue weighted by Gasteiger charge is 2.24. The molecule has 0 bridgehead atoms. The van der Waals surface area contributed by atoms with Crippen LogP contribution in [0.15, 0.2) is 83.7 Å². The Bertz CT molecular complexity index is 1380. The fraction of sp³-hybridized carbons (Fsp3) is 0.0400. The van der Waals surface area contributed by atoms with Gasteiger partial charge in [0.2, 0.25) is 0 Å². The van der Waals surface area contributed by atoms with Gasteiger partial charge in [-0.15, -0.1) is 0 Å². The van der Waals surface area contributed by atoms with Gasteiger partial charge < -0.3 is 15.2 Å². The third kappa shape index (κ3) is 4.35. The van der Waals surface area contributed by atoms with E-state index in [0.717, 1.165) is 0 Å². The molecule has 0 saturated heterocycles. The van der Waals surface area contributed by atoms with Crippen molar-refractivity contribution in [3.05, 3.63) is 100 Å². The summed E-state index contributed by atoms with van der Waals surface area (Å²) >= 11 is 0. The van der Waals surface area contributed by atoms with E-state index in [9.17, 15) is 19.5 Å².